The number of benzene rings is 2. The lowest BCUT2D eigenvalue weighted by Gasteiger charge is -2.28. The van der Waals surface area contributed by atoms with Crippen molar-refractivity contribution in [2.45, 2.75) is 13.0 Å². The highest BCUT2D eigenvalue weighted by Gasteiger charge is 2.25. The van der Waals surface area contributed by atoms with Crippen LogP contribution in [0, 0.1) is 5.82 Å². The van der Waals surface area contributed by atoms with E-state index in [-0.39, 0.29) is 16.5 Å². The lowest BCUT2D eigenvalue weighted by molar-refractivity contribution is 0.0733. The monoisotopic (exact) mass is 401 g/mol. The molecule has 0 N–H and O–H groups in total. The van der Waals surface area contributed by atoms with Crippen LogP contribution in [0.15, 0.2) is 48.7 Å². The Hall–Kier alpha value is -2.50. The van der Waals surface area contributed by atoms with Crippen molar-refractivity contribution in [1.29, 1.82) is 0 Å². The fourth-order valence-electron chi connectivity index (χ4n) is 3.06. The van der Waals surface area contributed by atoms with Gasteiger partial charge in [0.1, 0.15) is 5.82 Å². The van der Waals surface area contributed by atoms with Crippen LogP contribution >= 0.6 is 23.2 Å². The third kappa shape index (κ3) is 3.66. The van der Waals surface area contributed by atoms with Crippen molar-refractivity contribution in [2.75, 3.05) is 6.54 Å². The number of rotatable bonds is 2. The van der Waals surface area contributed by atoms with E-state index in [4.69, 9.17) is 23.2 Å². The molecule has 0 radical (unpaired) electrons. The van der Waals surface area contributed by atoms with Crippen molar-refractivity contribution < 1.29 is 9.18 Å². The van der Waals surface area contributed by atoms with Crippen LogP contribution in [0.2, 0.25) is 10.0 Å². The topological polar surface area (TPSA) is 46.1 Å². The van der Waals surface area contributed by atoms with E-state index in [1.165, 1.54) is 18.2 Å². The highest BCUT2D eigenvalue weighted by atomic mass is 35.5. The number of amides is 1. The number of fused-ring (bicyclic) bond motifs is 1. The van der Waals surface area contributed by atoms with Crippen LogP contribution in [0.3, 0.4) is 0 Å². The van der Waals surface area contributed by atoms with E-state index < -0.39 is 5.82 Å². The van der Waals surface area contributed by atoms with Crippen LogP contribution in [-0.4, -0.2) is 27.3 Å². The second kappa shape index (κ2) is 7.25. The van der Waals surface area contributed by atoms with Crippen molar-refractivity contribution in [1.82, 2.24) is 14.9 Å². The first-order valence-corrected chi connectivity index (χ1v) is 9.12. The predicted octanol–water partition coefficient (Wildman–Crippen LogP) is 4.79. The summed E-state index contributed by atoms with van der Waals surface area (Å²) in [6.07, 6.45) is 2.33. The standard InChI is InChI=1S/C20H14Cl2FN3O/c21-14-3-1-12(2-4-14)19-24-10-13-11-26(8-7-18(13)25-19)20(27)16-9-15(23)5-6-17(16)22/h1-6,9-10H,7-8,11H2. The van der Waals surface area contributed by atoms with E-state index in [0.29, 0.717) is 30.4 Å². The van der Waals surface area contributed by atoms with Crippen LogP contribution in [0.1, 0.15) is 21.6 Å². The van der Waals surface area contributed by atoms with Crippen LogP contribution in [0.4, 0.5) is 4.39 Å². The van der Waals surface area contributed by atoms with Gasteiger partial charge in [-0.05, 0) is 42.5 Å². The van der Waals surface area contributed by atoms with Crippen molar-refractivity contribution in [3.8, 4) is 11.4 Å². The molecule has 1 aliphatic heterocycles. The number of hydrogen-bond acceptors (Lipinski definition) is 3. The molecule has 4 nitrogen and oxygen atoms in total. The lowest BCUT2D eigenvalue weighted by atomic mass is 10.1. The van der Waals surface area contributed by atoms with Gasteiger partial charge in [-0.1, -0.05) is 23.2 Å². The summed E-state index contributed by atoms with van der Waals surface area (Å²) in [7, 11) is 0. The van der Waals surface area contributed by atoms with Gasteiger partial charge in [0, 0.05) is 41.9 Å². The molecule has 2 aromatic carbocycles. The van der Waals surface area contributed by atoms with Gasteiger partial charge in [-0.15, -0.1) is 0 Å². The Morgan fingerprint density at radius 3 is 2.67 bits per heavy atom. The summed E-state index contributed by atoms with van der Waals surface area (Å²) < 4.78 is 13.5. The van der Waals surface area contributed by atoms with Gasteiger partial charge in [0.15, 0.2) is 5.82 Å². The van der Waals surface area contributed by atoms with Crippen LogP contribution in [0.25, 0.3) is 11.4 Å². The summed E-state index contributed by atoms with van der Waals surface area (Å²) in [5, 5.41) is 0.892. The number of nitrogens with zero attached hydrogens (tertiary/aromatic N) is 3. The molecule has 1 aliphatic rings. The SMILES string of the molecule is O=C(c1cc(F)ccc1Cl)N1CCc2nc(-c3ccc(Cl)cc3)ncc2C1. The molecule has 0 saturated heterocycles. The van der Waals surface area contributed by atoms with E-state index in [2.05, 4.69) is 9.97 Å². The number of aromatic nitrogens is 2. The van der Waals surface area contributed by atoms with Crippen molar-refractivity contribution in [3.05, 3.63) is 81.3 Å². The minimum Gasteiger partial charge on any atom is -0.334 e. The minimum atomic E-state index is -0.490. The van der Waals surface area contributed by atoms with Gasteiger partial charge in [0.25, 0.3) is 5.91 Å². The first kappa shape index (κ1) is 17.9. The number of halogens is 3. The van der Waals surface area contributed by atoms with Crippen LogP contribution in [-0.2, 0) is 13.0 Å². The Bertz CT molecular complexity index is 1020. The predicted molar refractivity (Wildman–Crippen MR) is 102 cm³/mol. The molecule has 0 atom stereocenters. The molecular weight excluding hydrogens is 388 g/mol. The Morgan fingerprint density at radius 2 is 1.89 bits per heavy atom. The van der Waals surface area contributed by atoms with E-state index in [9.17, 15) is 9.18 Å². The summed E-state index contributed by atoms with van der Waals surface area (Å²) >= 11 is 12.0. The van der Waals surface area contributed by atoms with Crippen molar-refractivity contribution >= 4 is 29.1 Å². The summed E-state index contributed by atoms with van der Waals surface area (Å²) in [4.78, 5) is 23.4. The highest BCUT2D eigenvalue weighted by Crippen LogP contribution is 2.25. The van der Waals surface area contributed by atoms with E-state index in [1.54, 1.807) is 23.2 Å². The van der Waals surface area contributed by atoms with Gasteiger partial charge in [0.2, 0.25) is 0 Å². The lowest BCUT2D eigenvalue weighted by Crippen LogP contribution is -2.36. The van der Waals surface area contributed by atoms with Crippen LogP contribution in [0.5, 0.6) is 0 Å². The number of carbonyl (C=O) groups excluding carboxylic acids is 1. The molecule has 0 aliphatic carbocycles. The number of hydrogen-bond donors (Lipinski definition) is 0. The molecule has 0 spiro atoms. The van der Waals surface area contributed by atoms with E-state index in [1.807, 2.05) is 12.1 Å². The minimum absolute atomic E-state index is 0.166. The van der Waals surface area contributed by atoms with Gasteiger partial charge in [-0.25, -0.2) is 14.4 Å². The quantitative estimate of drug-likeness (QED) is 0.620. The van der Waals surface area contributed by atoms with Gasteiger partial charge in [-0.2, -0.15) is 0 Å². The Kier molecular flexibility index (Phi) is 4.81. The Morgan fingerprint density at radius 1 is 1.11 bits per heavy atom. The summed E-state index contributed by atoms with van der Waals surface area (Å²) in [6.45, 7) is 0.845. The molecule has 0 saturated carbocycles. The third-order valence-electron chi connectivity index (χ3n) is 4.48. The molecule has 27 heavy (non-hydrogen) atoms. The average molecular weight is 402 g/mol. The van der Waals surface area contributed by atoms with E-state index >= 15 is 0 Å². The second-order valence-corrected chi connectivity index (χ2v) is 7.12. The van der Waals surface area contributed by atoms with Crippen molar-refractivity contribution in [3.63, 3.8) is 0 Å². The highest BCUT2D eigenvalue weighted by molar-refractivity contribution is 6.33. The molecule has 1 amide bonds. The second-order valence-electron chi connectivity index (χ2n) is 6.27. The zero-order valence-corrected chi connectivity index (χ0v) is 15.6. The van der Waals surface area contributed by atoms with E-state index in [0.717, 1.165) is 16.8 Å². The van der Waals surface area contributed by atoms with Crippen molar-refractivity contribution in [2.24, 2.45) is 0 Å². The maximum absolute atomic E-state index is 13.5. The van der Waals surface area contributed by atoms with Gasteiger partial charge < -0.3 is 4.90 Å². The molecular formula is C20H14Cl2FN3O. The van der Waals surface area contributed by atoms with Crippen LogP contribution < -0.4 is 0 Å². The first-order chi connectivity index (χ1) is 13.0. The largest absolute Gasteiger partial charge is 0.334 e. The molecule has 0 unspecified atom stereocenters. The molecule has 136 valence electrons. The normalized spacial score (nSPS) is 13.4. The average Bonchev–Trinajstić information content (AvgIpc) is 2.69. The first-order valence-electron chi connectivity index (χ1n) is 8.36. The summed E-state index contributed by atoms with van der Waals surface area (Å²) in [6, 6.07) is 11.1. The molecule has 2 heterocycles. The molecule has 4 rings (SSSR count). The maximum Gasteiger partial charge on any atom is 0.255 e. The van der Waals surface area contributed by atoms with Gasteiger partial charge >= 0.3 is 0 Å². The Balaban J connectivity index is 1.58. The smallest absolute Gasteiger partial charge is 0.255 e. The molecule has 3 aromatic rings. The Labute approximate surface area is 165 Å². The fraction of sp³-hybridized carbons (Fsp3) is 0.150. The molecule has 1 aromatic heterocycles. The summed E-state index contributed by atoms with van der Waals surface area (Å²) in [5.41, 5.74) is 2.83. The summed E-state index contributed by atoms with van der Waals surface area (Å²) in [5.74, 6) is -0.165. The molecule has 7 heteroatoms. The number of carbonyl (C=O) groups is 1. The van der Waals surface area contributed by atoms with Gasteiger partial charge in [0.05, 0.1) is 16.3 Å². The fourth-order valence-corrected chi connectivity index (χ4v) is 3.38. The maximum atomic E-state index is 13.5. The zero-order valence-electron chi connectivity index (χ0n) is 14.1. The molecule has 0 fully saturated rings. The zero-order chi connectivity index (χ0) is 19.0. The third-order valence-corrected chi connectivity index (χ3v) is 5.06. The van der Waals surface area contributed by atoms with Gasteiger partial charge in [-0.3, -0.25) is 4.79 Å². The molecule has 0 bridgehead atoms.